The predicted octanol–water partition coefficient (Wildman–Crippen LogP) is 2.92. The molecule has 1 fully saturated rings. The Bertz CT molecular complexity index is 833. The van der Waals surface area contributed by atoms with Gasteiger partial charge in [-0.1, -0.05) is 11.6 Å². The second-order valence-electron chi connectivity index (χ2n) is 5.86. The zero-order valence-corrected chi connectivity index (χ0v) is 13.6. The number of hydrogen-bond acceptors (Lipinski definition) is 5. The van der Waals surface area contributed by atoms with Crippen LogP contribution < -0.4 is 10.6 Å². The van der Waals surface area contributed by atoms with Gasteiger partial charge in [0.25, 0.3) is 0 Å². The average molecular weight is 342 g/mol. The van der Waals surface area contributed by atoms with Crippen molar-refractivity contribution in [3.8, 4) is 0 Å². The summed E-state index contributed by atoms with van der Waals surface area (Å²) in [4.78, 5) is 15.8. The molecule has 7 heteroatoms. The second kappa shape index (κ2) is 6.13. The van der Waals surface area contributed by atoms with Gasteiger partial charge in [0.1, 0.15) is 11.7 Å². The molecular formula is C17H16ClN5O. The van der Waals surface area contributed by atoms with E-state index in [-0.39, 0.29) is 0 Å². The van der Waals surface area contributed by atoms with E-state index in [1.54, 1.807) is 10.9 Å². The number of fused-ring (bicyclic) bond motifs is 1. The summed E-state index contributed by atoms with van der Waals surface area (Å²) in [5.74, 6) is 1.54. The molecule has 0 atom stereocenters. The molecule has 2 N–H and O–H groups in total. The third kappa shape index (κ3) is 3.05. The zero-order chi connectivity index (χ0) is 16.5. The highest BCUT2D eigenvalue weighted by Gasteiger charge is 2.25. The summed E-state index contributed by atoms with van der Waals surface area (Å²) in [6.07, 6.45) is 6.61. The predicted molar refractivity (Wildman–Crippen MR) is 94.3 cm³/mol. The van der Waals surface area contributed by atoms with E-state index in [1.165, 1.54) is 0 Å². The number of halogens is 1. The van der Waals surface area contributed by atoms with Crippen molar-refractivity contribution in [1.29, 1.82) is 0 Å². The molecule has 1 aromatic heterocycles. The fraction of sp³-hybridized carbons (Fsp3) is 0.235. The summed E-state index contributed by atoms with van der Waals surface area (Å²) in [5.41, 5.74) is 2.25. The third-order valence-electron chi connectivity index (χ3n) is 3.97. The van der Waals surface area contributed by atoms with Crippen molar-refractivity contribution in [2.24, 2.45) is 4.99 Å². The number of anilines is 1. The molecule has 1 aliphatic carbocycles. The standard InChI is InChI=1S/C17H16ClN5O/c18-12-1-3-13(4-2-12)21-16-7-17(22-14-5-6-14)23-15(9-19-16)11(10-24)8-20-23/h1-4,7-8,10,14,22H,5-6,9H2,(H,19,21). The van der Waals surface area contributed by atoms with Crippen LogP contribution in [0.2, 0.25) is 5.02 Å². The Hall–Kier alpha value is -2.60. The van der Waals surface area contributed by atoms with E-state index < -0.39 is 0 Å². The van der Waals surface area contributed by atoms with Crippen molar-refractivity contribution < 1.29 is 4.79 Å². The van der Waals surface area contributed by atoms with Crippen LogP contribution in [-0.4, -0.2) is 27.9 Å². The van der Waals surface area contributed by atoms with Gasteiger partial charge in [-0.25, -0.2) is 4.68 Å². The maximum Gasteiger partial charge on any atom is 0.153 e. The summed E-state index contributed by atoms with van der Waals surface area (Å²) in [7, 11) is 0. The van der Waals surface area contributed by atoms with Crippen LogP contribution in [0.3, 0.4) is 0 Å². The molecule has 4 rings (SSSR count). The van der Waals surface area contributed by atoms with E-state index in [9.17, 15) is 4.79 Å². The lowest BCUT2D eigenvalue weighted by Crippen LogP contribution is -2.22. The highest BCUT2D eigenvalue weighted by molar-refractivity contribution is 6.30. The Kier molecular flexibility index (Phi) is 3.82. The van der Waals surface area contributed by atoms with E-state index in [2.05, 4.69) is 20.7 Å². The molecule has 0 radical (unpaired) electrons. The summed E-state index contributed by atoms with van der Waals surface area (Å²) in [6, 6.07) is 7.90. The van der Waals surface area contributed by atoms with E-state index in [4.69, 9.17) is 11.6 Å². The van der Waals surface area contributed by atoms with Gasteiger partial charge in [-0.05, 0) is 37.1 Å². The first-order valence-electron chi connectivity index (χ1n) is 7.80. The smallest absolute Gasteiger partial charge is 0.153 e. The largest absolute Gasteiger partial charge is 0.367 e. The summed E-state index contributed by atoms with van der Waals surface area (Å²) >= 11 is 5.92. The van der Waals surface area contributed by atoms with Gasteiger partial charge in [0.05, 0.1) is 24.0 Å². The van der Waals surface area contributed by atoms with Gasteiger partial charge in [0, 0.05) is 22.8 Å². The minimum atomic E-state index is 0.385. The molecule has 0 bridgehead atoms. The number of benzene rings is 1. The van der Waals surface area contributed by atoms with Crippen molar-refractivity contribution in [2.45, 2.75) is 25.4 Å². The van der Waals surface area contributed by atoms with E-state index >= 15 is 0 Å². The van der Waals surface area contributed by atoms with Gasteiger partial charge in [0.15, 0.2) is 6.29 Å². The Morgan fingerprint density at radius 2 is 2.04 bits per heavy atom. The quantitative estimate of drug-likeness (QED) is 0.839. The zero-order valence-electron chi connectivity index (χ0n) is 12.9. The lowest BCUT2D eigenvalue weighted by Gasteiger charge is -2.12. The molecule has 122 valence electrons. The van der Waals surface area contributed by atoms with Gasteiger partial charge in [-0.3, -0.25) is 9.79 Å². The number of rotatable bonds is 4. The van der Waals surface area contributed by atoms with E-state index in [0.29, 0.717) is 29.0 Å². The summed E-state index contributed by atoms with van der Waals surface area (Å²) in [6.45, 7) is 0.385. The number of carbonyl (C=O) groups excluding carboxylic acids is 1. The van der Waals surface area contributed by atoms with Gasteiger partial charge in [0.2, 0.25) is 0 Å². The molecule has 0 saturated heterocycles. The lowest BCUT2D eigenvalue weighted by atomic mass is 10.3. The highest BCUT2D eigenvalue weighted by Crippen LogP contribution is 2.24. The van der Waals surface area contributed by atoms with Gasteiger partial charge < -0.3 is 10.6 Å². The first-order chi connectivity index (χ1) is 11.7. The van der Waals surface area contributed by atoms with Crippen LogP contribution in [0.15, 0.2) is 41.5 Å². The lowest BCUT2D eigenvalue weighted by molar-refractivity contribution is 0.112. The number of aromatic nitrogens is 2. The van der Waals surface area contributed by atoms with Crippen LogP contribution in [0.1, 0.15) is 28.9 Å². The highest BCUT2D eigenvalue weighted by atomic mass is 35.5. The Balaban J connectivity index is 1.66. The number of nitrogens with one attached hydrogen (secondary N) is 2. The van der Waals surface area contributed by atoms with Crippen molar-refractivity contribution in [2.75, 3.05) is 5.32 Å². The number of amidine groups is 1. The fourth-order valence-corrected chi connectivity index (χ4v) is 2.67. The number of aldehydes is 1. The molecule has 2 heterocycles. The van der Waals surface area contributed by atoms with Crippen LogP contribution in [-0.2, 0) is 6.54 Å². The molecule has 2 aromatic rings. The monoisotopic (exact) mass is 341 g/mol. The van der Waals surface area contributed by atoms with Crippen LogP contribution in [0.5, 0.6) is 0 Å². The minimum absolute atomic E-state index is 0.385. The molecule has 24 heavy (non-hydrogen) atoms. The molecule has 0 amide bonds. The first-order valence-corrected chi connectivity index (χ1v) is 8.18. The number of nitrogens with zero attached hydrogens (tertiary/aromatic N) is 3. The van der Waals surface area contributed by atoms with Crippen molar-refractivity contribution in [1.82, 2.24) is 15.1 Å². The average Bonchev–Trinajstić information content (AvgIpc) is 3.33. The first kappa shape index (κ1) is 15.0. The Morgan fingerprint density at radius 1 is 1.25 bits per heavy atom. The number of aliphatic imine (C=N–C) groups is 1. The summed E-state index contributed by atoms with van der Waals surface area (Å²) in [5, 5.41) is 11.8. The topological polar surface area (TPSA) is 71.3 Å². The van der Waals surface area contributed by atoms with E-state index in [1.807, 2.05) is 30.3 Å². The van der Waals surface area contributed by atoms with Crippen LogP contribution in [0, 0.1) is 0 Å². The van der Waals surface area contributed by atoms with Crippen LogP contribution in [0.4, 0.5) is 5.69 Å². The fourth-order valence-electron chi connectivity index (χ4n) is 2.54. The van der Waals surface area contributed by atoms with Gasteiger partial charge in [-0.2, -0.15) is 5.10 Å². The molecule has 0 unspecified atom stereocenters. The van der Waals surface area contributed by atoms with E-state index in [0.717, 1.165) is 36.3 Å². The molecule has 6 nitrogen and oxygen atoms in total. The van der Waals surface area contributed by atoms with Crippen molar-refractivity contribution >= 4 is 35.2 Å². The molecule has 1 aromatic carbocycles. The number of hydrogen-bond donors (Lipinski definition) is 2. The Labute approximate surface area is 144 Å². The van der Waals surface area contributed by atoms with Crippen LogP contribution >= 0.6 is 11.6 Å². The molecule has 2 aliphatic rings. The summed E-state index contributed by atoms with van der Waals surface area (Å²) < 4.78 is 1.77. The van der Waals surface area contributed by atoms with Gasteiger partial charge in [-0.15, -0.1) is 0 Å². The molecule has 0 spiro atoms. The maximum atomic E-state index is 11.2. The van der Waals surface area contributed by atoms with Crippen molar-refractivity contribution in [3.63, 3.8) is 0 Å². The molecular weight excluding hydrogens is 326 g/mol. The minimum Gasteiger partial charge on any atom is -0.367 e. The molecule has 1 saturated carbocycles. The second-order valence-corrected chi connectivity index (χ2v) is 6.29. The van der Waals surface area contributed by atoms with Crippen LogP contribution in [0.25, 0.3) is 5.82 Å². The SMILES string of the molecule is O=Cc1cnn2c1CN=C(Nc1ccc(Cl)cc1)C=C2NC1CC1. The molecule has 1 aliphatic heterocycles. The Morgan fingerprint density at radius 3 is 2.75 bits per heavy atom. The number of carbonyl (C=O) groups is 1. The van der Waals surface area contributed by atoms with Crippen molar-refractivity contribution in [3.05, 3.63) is 52.8 Å². The maximum absolute atomic E-state index is 11.2. The third-order valence-corrected chi connectivity index (χ3v) is 4.23. The van der Waals surface area contributed by atoms with Gasteiger partial charge >= 0.3 is 0 Å². The normalized spacial score (nSPS) is 16.5.